The Kier molecular flexibility index (Phi) is 26.5. The summed E-state index contributed by atoms with van der Waals surface area (Å²) in [7, 11) is 0. The van der Waals surface area contributed by atoms with Gasteiger partial charge >= 0.3 is 0 Å². The number of hydrogen-bond acceptors (Lipinski definition) is 1. The Hall–Kier alpha value is -0.0400. The Morgan fingerprint density at radius 2 is 0.727 bits per heavy atom. The van der Waals surface area contributed by atoms with Gasteiger partial charge in [-0.25, -0.2) is 0 Å². The van der Waals surface area contributed by atoms with E-state index in [4.69, 9.17) is 0 Å². The van der Waals surface area contributed by atoms with E-state index in [1.54, 1.807) is 0 Å². The highest BCUT2D eigenvalue weighted by Crippen LogP contribution is 2.20. The number of hydrogen-bond donors (Lipinski definition) is 0. The maximum absolute atomic E-state index is 2.88. The first-order valence-corrected chi connectivity index (χ1v) is 15.9. The summed E-state index contributed by atoms with van der Waals surface area (Å²) < 4.78 is 0. The first kappa shape index (κ1) is 33.0. The molecule has 0 saturated heterocycles. The molecule has 0 aromatic heterocycles. The lowest BCUT2D eigenvalue weighted by Gasteiger charge is -2.30. The van der Waals surface area contributed by atoms with Crippen LogP contribution in [0.5, 0.6) is 0 Å². The number of unbranched alkanes of at least 4 members (excludes halogenated alkanes) is 15. The lowest BCUT2D eigenvalue weighted by molar-refractivity contribution is 0.178. The molecule has 200 valence electrons. The highest BCUT2D eigenvalue weighted by Gasteiger charge is 2.16. The largest absolute Gasteiger partial charge is 0.303 e. The molecule has 0 aromatic rings. The highest BCUT2D eigenvalue weighted by molar-refractivity contribution is 4.70. The predicted octanol–water partition coefficient (Wildman–Crippen LogP) is 11.2. The average Bonchev–Trinajstić information content (AvgIpc) is 2.83. The van der Waals surface area contributed by atoms with Crippen LogP contribution >= 0.6 is 0 Å². The molecule has 0 fully saturated rings. The number of nitrogens with zero attached hydrogens (tertiary/aromatic N) is 1. The van der Waals surface area contributed by atoms with Crippen LogP contribution in [0.1, 0.15) is 176 Å². The zero-order valence-electron chi connectivity index (χ0n) is 24.3. The van der Waals surface area contributed by atoms with Crippen molar-refractivity contribution >= 4 is 0 Å². The molecule has 0 spiro atoms. The van der Waals surface area contributed by atoms with Crippen LogP contribution in [0.4, 0.5) is 0 Å². The molecular formula is C32H67N. The molecule has 0 aromatic carbocycles. The normalized spacial score (nSPS) is 13.6. The van der Waals surface area contributed by atoms with Crippen LogP contribution in [0.25, 0.3) is 0 Å². The summed E-state index contributed by atoms with van der Waals surface area (Å²) in [5.41, 5.74) is 0. The van der Waals surface area contributed by atoms with E-state index in [0.717, 1.165) is 11.8 Å². The fourth-order valence-corrected chi connectivity index (χ4v) is 5.35. The maximum atomic E-state index is 2.88. The Labute approximate surface area is 212 Å². The van der Waals surface area contributed by atoms with Gasteiger partial charge in [-0.05, 0) is 37.6 Å². The summed E-state index contributed by atoms with van der Waals surface area (Å²) in [6.07, 6.45) is 31.6. The Bertz CT molecular complexity index is 334. The third-order valence-electron chi connectivity index (χ3n) is 7.95. The predicted molar refractivity (Wildman–Crippen MR) is 153 cm³/mol. The first-order valence-electron chi connectivity index (χ1n) is 15.9. The molecule has 1 nitrogen and oxygen atoms in total. The minimum atomic E-state index is 0.917. The van der Waals surface area contributed by atoms with Gasteiger partial charge in [0.25, 0.3) is 0 Å². The standard InChI is InChI=1S/C32H67N/c1-6-11-14-15-16-17-18-19-20-21-22-23-24-25-28-33(29-31(9-4)26-12-7-2)30-32(10-5)27-13-8-3/h31-32H,6-30H2,1-5H3. The zero-order valence-corrected chi connectivity index (χ0v) is 24.3. The molecule has 0 aliphatic rings. The Morgan fingerprint density at radius 1 is 0.394 bits per heavy atom. The highest BCUT2D eigenvalue weighted by atomic mass is 15.1. The van der Waals surface area contributed by atoms with Crippen molar-refractivity contribution in [3.8, 4) is 0 Å². The van der Waals surface area contributed by atoms with Gasteiger partial charge in [-0.3, -0.25) is 0 Å². The van der Waals surface area contributed by atoms with Crippen LogP contribution in [-0.4, -0.2) is 24.5 Å². The van der Waals surface area contributed by atoms with E-state index in [9.17, 15) is 0 Å². The van der Waals surface area contributed by atoms with Crippen LogP contribution in [0.2, 0.25) is 0 Å². The van der Waals surface area contributed by atoms with Gasteiger partial charge in [-0.15, -0.1) is 0 Å². The SMILES string of the molecule is CCCCCCCCCCCCCCCCN(CC(CC)CCCC)CC(CC)CCCC. The van der Waals surface area contributed by atoms with Crippen LogP contribution in [0.15, 0.2) is 0 Å². The second-order valence-corrected chi connectivity index (χ2v) is 11.2. The molecule has 0 aliphatic carbocycles. The molecule has 0 bridgehead atoms. The fourth-order valence-electron chi connectivity index (χ4n) is 5.35. The molecule has 33 heavy (non-hydrogen) atoms. The second-order valence-electron chi connectivity index (χ2n) is 11.2. The van der Waals surface area contributed by atoms with Crippen molar-refractivity contribution in [2.75, 3.05) is 19.6 Å². The number of rotatable bonds is 27. The van der Waals surface area contributed by atoms with Gasteiger partial charge in [0.1, 0.15) is 0 Å². The molecule has 0 rings (SSSR count). The molecular weight excluding hydrogens is 398 g/mol. The molecule has 1 heteroatoms. The van der Waals surface area contributed by atoms with Gasteiger partial charge in [0, 0.05) is 13.1 Å². The van der Waals surface area contributed by atoms with Crippen molar-refractivity contribution in [1.82, 2.24) is 4.90 Å². The minimum absolute atomic E-state index is 0.917. The van der Waals surface area contributed by atoms with E-state index in [1.165, 1.54) is 161 Å². The van der Waals surface area contributed by atoms with Gasteiger partial charge in [0.2, 0.25) is 0 Å². The summed E-state index contributed by atoms with van der Waals surface area (Å²) >= 11 is 0. The molecule has 0 heterocycles. The van der Waals surface area contributed by atoms with E-state index in [0.29, 0.717) is 0 Å². The smallest absolute Gasteiger partial charge is 0.000967 e. The summed E-state index contributed by atoms with van der Waals surface area (Å²) in [5.74, 6) is 1.83. The zero-order chi connectivity index (χ0) is 24.4. The fraction of sp³-hybridized carbons (Fsp3) is 1.00. The van der Waals surface area contributed by atoms with E-state index in [-0.39, 0.29) is 0 Å². The van der Waals surface area contributed by atoms with E-state index >= 15 is 0 Å². The maximum Gasteiger partial charge on any atom is 0.000967 e. The first-order chi connectivity index (χ1) is 16.2. The summed E-state index contributed by atoms with van der Waals surface area (Å²) in [6.45, 7) is 15.9. The van der Waals surface area contributed by atoms with E-state index in [1.807, 2.05) is 0 Å². The average molecular weight is 466 g/mol. The third kappa shape index (κ3) is 22.2. The van der Waals surface area contributed by atoms with Crippen molar-refractivity contribution in [2.24, 2.45) is 11.8 Å². The monoisotopic (exact) mass is 466 g/mol. The molecule has 2 unspecified atom stereocenters. The van der Waals surface area contributed by atoms with Gasteiger partial charge in [0.05, 0.1) is 0 Å². The molecule has 0 saturated carbocycles. The Balaban J connectivity index is 4.01. The molecule has 0 N–H and O–H groups in total. The van der Waals surface area contributed by atoms with Crippen LogP contribution in [0.3, 0.4) is 0 Å². The lowest BCUT2D eigenvalue weighted by atomic mass is 9.95. The van der Waals surface area contributed by atoms with Crippen molar-refractivity contribution in [3.05, 3.63) is 0 Å². The third-order valence-corrected chi connectivity index (χ3v) is 7.95. The van der Waals surface area contributed by atoms with E-state index in [2.05, 4.69) is 39.5 Å². The Morgan fingerprint density at radius 3 is 1.06 bits per heavy atom. The lowest BCUT2D eigenvalue weighted by Crippen LogP contribution is -2.35. The van der Waals surface area contributed by atoms with Gasteiger partial charge < -0.3 is 4.90 Å². The second kappa shape index (κ2) is 26.6. The molecule has 0 aliphatic heterocycles. The van der Waals surface area contributed by atoms with Crippen molar-refractivity contribution in [3.63, 3.8) is 0 Å². The van der Waals surface area contributed by atoms with Crippen molar-refractivity contribution in [2.45, 2.75) is 176 Å². The van der Waals surface area contributed by atoms with Crippen LogP contribution in [0, 0.1) is 11.8 Å². The summed E-state index contributed by atoms with van der Waals surface area (Å²) in [6, 6.07) is 0. The van der Waals surface area contributed by atoms with Crippen LogP contribution < -0.4 is 0 Å². The molecule has 0 amide bonds. The molecule has 0 radical (unpaired) electrons. The summed E-state index contributed by atoms with van der Waals surface area (Å²) in [4.78, 5) is 2.88. The van der Waals surface area contributed by atoms with Gasteiger partial charge in [-0.1, -0.05) is 157 Å². The summed E-state index contributed by atoms with van der Waals surface area (Å²) in [5, 5.41) is 0. The molecule has 2 atom stereocenters. The minimum Gasteiger partial charge on any atom is -0.303 e. The quantitative estimate of drug-likeness (QED) is 0.109. The topological polar surface area (TPSA) is 3.24 Å². The van der Waals surface area contributed by atoms with E-state index < -0.39 is 0 Å². The van der Waals surface area contributed by atoms with Crippen molar-refractivity contribution < 1.29 is 0 Å². The van der Waals surface area contributed by atoms with Gasteiger partial charge in [0.15, 0.2) is 0 Å². The van der Waals surface area contributed by atoms with Crippen molar-refractivity contribution in [1.29, 1.82) is 0 Å². The van der Waals surface area contributed by atoms with Crippen LogP contribution in [-0.2, 0) is 0 Å². The van der Waals surface area contributed by atoms with Gasteiger partial charge in [-0.2, -0.15) is 0 Å².